The molecule has 0 N–H and O–H groups in total. The van der Waals surface area contributed by atoms with E-state index in [4.69, 9.17) is 19.8 Å². The lowest BCUT2D eigenvalue weighted by molar-refractivity contribution is -0.134. The first-order valence-corrected chi connectivity index (χ1v) is 12.2. The van der Waals surface area contributed by atoms with E-state index >= 15 is 0 Å². The summed E-state index contributed by atoms with van der Waals surface area (Å²) >= 11 is 1.50. The predicted octanol–water partition coefficient (Wildman–Crippen LogP) is 3.73. The highest BCUT2D eigenvalue weighted by Gasteiger charge is 2.31. The van der Waals surface area contributed by atoms with Crippen molar-refractivity contribution in [3.63, 3.8) is 0 Å². The SMILES string of the molecule is N#Cc1ccnc(OCC(=O)N2CCC(c3nc(C4=NOC(c5c(F)cccc5F)C4)cs3)CC2)n1. The first-order chi connectivity index (χ1) is 17.5. The van der Waals surface area contributed by atoms with Crippen LogP contribution in [-0.2, 0) is 9.63 Å². The van der Waals surface area contributed by atoms with E-state index in [9.17, 15) is 13.6 Å². The number of hydrogen-bond donors (Lipinski definition) is 0. The number of benzene rings is 1. The Kier molecular flexibility index (Phi) is 6.81. The largest absolute Gasteiger partial charge is 0.453 e. The predicted molar refractivity (Wildman–Crippen MR) is 124 cm³/mol. The summed E-state index contributed by atoms with van der Waals surface area (Å²) in [6.07, 6.45) is 2.29. The van der Waals surface area contributed by atoms with Gasteiger partial charge in [0.25, 0.3) is 5.91 Å². The third kappa shape index (κ3) is 5.01. The molecule has 12 heteroatoms. The number of nitriles is 1. The summed E-state index contributed by atoms with van der Waals surface area (Å²) in [4.78, 5) is 32.1. The highest BCUT2D eigenvalue weighted by Crippen LogP contribution is 2.35. The molecular formula is C24H20F2N6O3S. The Morgan fingerprint density at radius 3 is 2.75 bits per heavy atom. The topological polar surface area (TPSA) is 114 Å². The molecule has 3 aromatic rings. The zero-order valence-electron chi connectivity index (χ0n) is 18.9. The Labute approximate surface area is 209 Å². The number of rotatable bonds is 6. The number of hydrogen-bond acceptors (Lipinski definition) is 9. The van der Waals surface area contributed by atoms with Gasteiger partial charge in [-0.25, -0.2) is 18.7 Å². The van der Waals surface area contributed by atoms with E-state index in [1.54, 1.807) is 4.90 Å². The fraction of sp³-hybridized carbons (Fsp3) is 0.333. The molecule has 2 aromatic heterocycles. The average molecular weight is 511 g/mol. The summed E-state index contributed by atoms with van der Waals surface area (Å²) in [5, 5.41) is 15.7. The highest BCUT2D eigenvalue weighted by atomic mass is 32.1. The van der Waals surface area contributed by atoms with Crippen molar-refractivity contribution in [2.24, 2.45) is 5.16 Å². The molecule has 184 valence electrons. The zero-order valence-corrected chi connectivity index (χ0v) is 19.8. The number of piperidine rings is 1. The van der Waals surface area contributed by atoms with E-state index in [1.807, 2.05) is 11.4 Å². The van der Waals surface area contributed by atoms with E-state index in [-0.39, 0.29) is 42.1 Å². The summed E-state index contributed by atoms with van der Waals surface area (Å²) in [6, 6.07) is 7.05. The summed E-state index contributed by atoms with van der Waals surface area (Å²) in [7, 11) is 0. The number of halogens is 2. The maximum atomic E-state index is 14.1. The molecule has 1 aromatic carbocycles. The first-order valence-electron chi connectivity index (χ1n) is 11.3. The van der Waals surface area contributed by atoms with Crippen LogP contribution in [0.1, 0.15) is 53.2 Å². The Hall–Kier alpha value is -3.98. The van der Waals surface area contributed by atoms with Crippen LogP contribution in [0.2, 0.25) is 0 Å². The lowest BCUT2D eigenvalue weighted by Gasteiger charge is -2.31. The maximum Gasteiger partial charge on any atom is 0.318 e. The summed E-state index contributed by atoms with van der Waals surface area (Å²) in [5.74, 6) is -1.31. The Morgan fingerprint density at radius 2 is 2.00 bits per heavy atom. The van der Waals surface area contributed by atoms with Crippen LogP contribution in [0.15, 0.2) is 41.0 Å². The fourth-order valence-corrected chi connectivity index (χ4v) is 5.18. The van der Waals surface area contributed by atoms with Crippen LogP contribution in [0.4, 0.5) is 8.78 Å². The molecule has 1 amide bonds. The number of thiazole rings is 1. The fourth-order valence-electron chi connectivity index (χ4n) is 4.18. The maximum absolute atomic E-state index is 14.1. The van der Waals surface area contributed by atoms with E-state index in [1.165, 1.54) is 41.8 Å². The van der Waals surface area contributed by atoms with E-state index in [2.05, 4.69) is 15.1 Å². The highest BCUT2D eigenvalue weighted by molar-refractivity contribution is 7.10. The van der Waals surface area contributed by atoms with Gasteiger partial charge in [0.2, 0.25) is 0 Å². The van der Waals surface area contributed by atoms with Gasteiger partial charge in [0.15, 0.2) is 12.7 Å². The van der Waals surface area contributed by atoms with Crippen molar-refractivity contribution in [1.82, 2.24) is 19.9 Å². The standard InChI is InChI=1S/C24H20F2N6O3S/c25-16-2-1-3-17(26)22(16)20-10-18(31-35-20)19-13-36-23(30-19)14-5-8-32(9-6-14)21(33)12-34-24-28-7-4-15(11-27)29-24/h1-4,7,13-14,20H,5-6,8-10,12H2. The monoisotopic (exact) mass is 510 g/mol. The van der Waals surface area contributed by atoms with Gasteiger partial charge in [0.05, 0.1) is 16.3 Å². The van der Waals surface area contributed by atoms with Gasteiger partial charge >= 0.3 is 6.01 Å². The Bertz CT molecular complexity index is 1330. The summed E-state index contributed by atoms with van der Waals surface area (Å²) in [6.45, 7) is 0.906. The third-order valence-electron chi connectivity index (χ3n) is 6.08. The minimum atomic E-state index is -0.824. The van der Waals surface area contributed by atoms with Crippen LogP contribution >= 0.6 is 11.3 Å². The summed E-state index contributed by atoms with van der Waals surface area (Å²) in [5.41, 5.74) is 1.23. The number of amides is 1. The molecule has 5 rings (SSSR count). The third-order valence-corrected chi connectivity index (χ3v) is 7.09. The molecule has 36 heavy (non-hydrogen) atoms. The molecule has 2 aliphatic rings. The molecule has 0 aliphatic carbocycles. The van der Waals surface area contributed by atoms with E-state index in [0.29, 0.717) is 24.5 Å². The van der Waals surface area contributed by atoms with Gasteiger partial charge in [-0.1, -0.05) is 11.2 Å². The van der Waals surface area contributed by atoms with Crippen LogP contribution in [0.5, 0.6) is 6.01 Å². The molecule has 2 aliphatic heterocycles. The van der Waals surface area contributed by atoms with E-state index in [0.717, 1.165) is 17.8 Å². The van der Waals surface area contributed by atoms with Gasteiger partial charge in [-0.2, -0.15) is 10.2 Å². The first kappa shape index (κ1) is 23.7. The van der Waals surface area contributed by atoms with Crippen LogP contribution in [-0.4, -0.2) is 51.2 Å². The molecule has 1 saturated heterocycles. The number of ether oxygens (including phenoxy) is 1. The van der Waals surface area contributed by atoms with Crippen molar-refractivity contribution in [2.75, 3.05) is 19.7 Å². The molecule has 1 unspecified atom stereocenters. The van der Waals surface area contributed by atoms with Crippen molar-refractivity contribution in [1.29, 1.82) is 5.26 Å². The van der Waals surface area contributed by atoms with Crippen molar-refractivity contribution >= 4 is 23.0 Å². The number of carbonyl (C=O) groups excluding carboxylic acids is 1. The molecule has 9 nitrogen and oxygen atoms in total. The van der Waals surface area contributed by atoms with Crippen LogP contribution in [0, 0.1) is 23.0 Å². The molecule has 1 atom stereocenters. The smallest absolute Gasteiger partial charge is 0.318 e. The second-order valence-corrected chi connectivity index (χ2v) is 9.21. The molecule has 0 spiro atoms. The van der Waals surface area contributed by atoms with Crippen molar-refractivity contribution in [3.05, 3.63) is 69.4 Å². The normalized spacial score (nSPS) is 17.9. The van der Waals surface area contributed by atoms with Gasteiger partial charge in [-0.05, 0) is 31.0 Å². The van der Waals surface area contributed by atoms with Gasteiger partial charge in [-0.15, -0.1) is 11.3 Å². The Morgan fingerprint density at radius 1 is 1.22 bits per heavy atom. The quantitative estimate of drug-likeness (QED) is 0.496. The average Bonchev–Trinajstić information content (AvgIpc) is 3.58. The number of likely N-dealkylation sites (tertiary alicyclic amines) is 1. The minimum absolute atomic E-state index is 0.00797. The number of aromatic nitrogens is 3. The van der Waals surface area contributed by atoms with Crippen LogP contribution in [0.25, 0.3) is 0 Å². The van der Waals surface area contributed by atoms with Crippen LogP contribution < -0.4 is 4.74 Å². The lowest BCUT2D eigenvalue weighted by atomic mass is 9.97. The zero-order chi connectivity index (χ0) is 25.1. The molecule has 1 fully saturated rings. The number of nitrogens with zero attached hydrogens (tertiary/aromatic N) is 6. The number of carbonyl (C=O) groups is 1. The lowest BCUT2D eigenvalue weighted by Crippen LogP contribution is -2.40. The second-order valence-electron chi connectivity index (χ2n) is 8.32. The van der Waals surface area contributed by atoms with Crippen molar-refractivity contribution in [2.45, 2.75) is 31.3 Å². The molecular weight excluding hydrogens is 490 g/mol. The van der Waals surface area contributed by atoms with Gasteiger partial charge < -0.3 is 14.5 Å². The Balaban J connectivity index is 1.13. The number of oxime groups is 1. The van der Waals surface area contributed by atoms with E-state index < -0.39 is 17.7 Å². The minimum Gasteiger partial charge on any atom is -0.453 e. The van der Waals surface area contributed by atoms with Crippen molar-refractivity contribution in [3.8, 4) is 12.1 Å². The van der Waals surface area contributed by atoms with Gasteiger partial charge in [0.1, 0.15) is 29.1 Å². The van der Waals surface area contributed by atoms with Gasteiger partial charge in [-0.3, -0.25) is 4.79 Å². The van der Waals surface area contributed by atoms with Crippen molar-refractivity contribution < 1.29 is 23.1 Å². The van der Waals surface area contributed by atoms with Gasteiger partial charge in [0, 0.05) is 37.0 Å². The molecule has 4 heterocycles. The second kappa shape index (κ2) is 10.3. The molecule has 0 radical (unpaired) electrons. The molecule has 0 bridgehead atoms. The molecule has 0 saturated carbocycles. The summed E-state index contributed by atoms with van der Waals surface area (Å²) < 4.78 is 33.5. The van der Waals surface area contributed by atoms with Crippen LogP contribution in [0.3, 0.4) is 0 Å².